The molecule has 8 heteroatoms. The lowest BCUT2D eigenvalue weighted by Crippen LogP contribution is -2.27. The second-order valence-corrected chi connectivity index (χ2v) is 6.29. The number of benzene rings is 2. The van der Waals surface area contributed by atoms with E-state index in [-0.39, 0.29) is 12.5 Å². The highest BCUT2D eigenvalue weighted by molar-refractivity contribution is 6.30. The van der Waals surface area contributed by atoms with Crippen molar-refractivity contribution in [2.24, 2.45) is 0 Å². The van der Waals surface area contributed by atoms with Crippen molar-refractivity contribution >= 4 is 35.3 Å². The van der Waals surface area contributed by atoms with Crippen LogP contribution in [0.4, 0.5) is 0 Å². The highest BCUT2D eigenvalue weighted by atomic mass is 35.5. The molecule has 0 spiro atoms. The SMILES string of the molecule is CC(=O)NC(=Cc1ccc2c(c1)OCO2)C(=O)OCC(=O)c1ccc(Cl)cc1. The molecule has 0 aliphatic carbocycles. The van der Waals surface area contributed by atoms with Gasteiger partial charge < -0.3 is 19.5 Å². The maximum atomic E-state index is 12.4. The fourth-order valence-electron chi connectivity index (χ4n) is 2.43. The highest BCUT2D eigenvalue weighted by Crippen LogP contribution is 2.33. The number of hydrogen-bond donors (Lipinski definition) is 1. The van der Waals surface area contributed by atoms with Crippen molar-refractivity contribution in [3.8, 4) is 11.5 Å². The Hall–Kier alpha value is -3.32. The minimum Gasteiger partial charge on any atom is -0.454 e. The van der Waals surface area contributed by atoms with Crippen LogP contribution in [0.2, 0.25) is 5.02 Å². The second-order valence-electron chi connectivity index (χ2n) is 5.86. The first-order valence-electron chi connectivity index (χ1n) is 8.27. The van der Waals surface area contributed by atoms with Gasteiger partial charge in [-0.3, -0.25) is 9.59 Å². The molecule has 144 valence electrons. The van der Waals surface area contributed by atoms with Crippen molar-refractivity contribution in [2.45, 2.75) is 6.92 Å². The smallest absolute Gasteiger partial charge is 0.355 e. The number of hydrogen-bond acceptors (Lipinski definition) is 6. The van der Waals surface area contributed by atoms with Crippen molar-refractivity contribution < 1.29 is 28.6 Å². The van der Waals surface area contributed by atoms with E-state index in [9.17, 15) is 14.4 Å². The quantitative estimate of drug-likeness (QED) is 0.454. The third kappa shape index (κ3) is 4.89. The molecule has 3 rings (SSSR count). The van der Waals surface area contributed by atoms with Crippen LogP contribution in [0.5, 0.6) is 11.5 Å². The maximum absolute atomic E-state index is 12.4. The van der Waals surface area contributed by atoms with Crippen molar-refractivity contribution in [3.63, 3.8) is 0 Å². The number of amides is 1. The van der Waals surface area contributed by atoms with Crippen LogP contribution in [0.25, 0.3) is 6.08 Å². The number of ketones is 1. The van der Waals surface area contributed by atoms with Gasteiger partial charge in [-0.25, -0.2) is 4.79 Å². The van der Waals surface area contributed by atoms with Crippen molar-refractivity contribution in [1.82, 2.24) is 5.32 Å². The van der Waals surface area contributed by atoms with Gasteiger partial charge in [0.05, 0.1) is 0 Å². The Balaban J connectivity index is 1.71. The molecule has 7 nitrogen and oxygen atoms in total. The third-order valence-corrected chi connectivity index (χ3v) is 3.99. The molecule has 1 N–H and O–H groups in total. The van der Waals surface area contributed by atoms with Gasteiger partial charge in [-0.2, -0.15) is 0 Å². The molecule has 1 heterocycles. The van der Waals surface area contributed by atoms with E-state index in [4.69, 9.17) is 25.8 Å². The zero-order valence-corrected chi connectivity index (χ0v) is 15.6. The monoisotopic (exact) mass is 401 g/mol. The van der Waals surface area contributed by atoms with Crippen LogP contribution < -0.4 is 14.8 Å². The molecular formula is C20H16ClNO6. The second kappa shape index (κ2) is 8.58. The van der Waals surface area contributed by atoms with Crippen LogP contribution in [-0.2, 0) is 14.3 Å². The summed E-state index contributed by atoms with van der Waals surface area (Å²) >= 11 is 5.79. The van der Waals surface area contributed by atoms with E-state index in [0.29, 0.717) is 27.6 Å². The fourth-order valence-corrected chi connectivity index (χ4v) is 2.56. The summed E-state index contributed by atoms with van der Waals surface area (Å²) in [5.41, 5.74) is 0.849. The van der Waals surface area contributed by atoms with Crippen LogP contribution >= 0.6 is 11.6 Å². The summed E-state index contributed by atoms with van der Waals surface area (Å²) in [6.07, 6.45) is 1.43. The van der Waals surface area contributed by atoms with E-state index in [1.54, 1.807) is 30.3 Å². The lowest BCUT2D eigenvalue weighted by atomic mass is 10.1. The number of carbonyl (C=O) groups is 3. The molecule has 28 heavy (non-hydrogen) atoms. The van der Waals surface area contributed by atoms with E-state index >= 15 is 0 Å². The molecule has 0 saturated carbocycles. The number of rotatable bonds is 6. The van der Waals surface area contributed by atoms with Crippen LogP contribution in [0.3, 0.4) is 0 Å². The van der Waals surface area contributed by atoms with E-state index in [1.165, 1.54) is 25.1 Å². The minimum absolute atomic E-state index is 0.102. The topological polar surface area (TPSA) is 90.9 Å². The Bertz CT molecular complexity index is 952. The van der Waals surface area contributed by atoms with Gasteiger partial charge in [-0.05, 0) is 48.0 Å². The lowest BCUT2D eigenvalue weighted by Gasteiger charge is -2.09. The zero-order valence-electron chi connectivity index (χ0n) is 14.9. The lowest BCUT2D eigenvalue weighted by molar-refractivity contribution is -0.139. The first-order valence-corrected chi connectivity index (χ1v) is 8.65. The van der Waals surface area contributed by atoms with E-state index in [2.05, 4.69) is 5.32 Å². The van der Waals surface area contributed by atoms with Crippen LogP contribution in [0.1, 0.15) is 22.8 Å². The summed E-state index contributed by atoms with van der Waals surface area (Å²) in [5.74, 6) is -0.560. The van der Waals surface area contributed by atoms with Gasteiger partial charge >= 0.3 is 5.97 Å². The van der Waals surface area contributed by atoms with Crippen LogP contribution in [-0.4, -0.2) is 31.1 Å². The summed E-state index contributed by atoms with van der Waals surface area (Å²) in [5, 5.41) is 2.91. The maximum Gasteiger partial charge on any atom is 0.355 e. The van der Waals surface area contributed by atoms with Gasteiger partial charge in [0.25, 0.3) is 0 Å². The van der Waals surface area contributed by atoms with Crippen LogP contribution in [0.15, 0.2) is 48.2 Å². The van der Waals surface area contributed by atoms with Crippen molar-refractivity contribution in [3.05, 3.63) is 64.3 Å². The molecule has 2 aromatic carbocycles. The van der Waals surface area contributed by atoms with E-state index in [1.807, 2.05) is 0 Å². The van der Waals surface area contributed by atoms with Gasteiger partial charge in [0, 0.05) is 17.5 Å². The molecule has 0 aromatic heterocycles. The van der Waals surface area contributed by atoms with Crippen LogP contribution in [0, 0.1) is 0 Å². The first kappa shape index (κ1) is 19.4. The summed E-state index contributed by atoms with van der Waals surface area (Å²) in [6.45, 7) is 0.911. The normalized spacial score (nSPS) is 12.4. The molecule has 1 amide bonds. The molecular weight excluding hydrogens is 386 g/mol. The zero-order chi connectivity index (χ0) is 20.1. The van der Waals surface area contributed by atoms with Gasteiger partial charge in [-0.15, -0.1) is 0 Å². The Morgan fingerprint density at radius 1 is 1.11 bits per heavy atom. The average Bonchev–Trinajstić information content (AvgIpc) is 3.13. The van der Waals surface area contributed by atoms with Gasteiger partial charge in [-0.1, -0.05) is 17.7 Å². The van der Waals surface area contributed by atoms with E-state index in [0.717, 1.165) is 0 Å². The largest absolute Gasteiger partial charge is 0.454 e. The number of esters is 1. The summed E-state index contributed by atoms with van der Waals surface area (Å²) in [7, 11) is 0. The predicted molar refractivity (Wildman–Crippen MR) is 101 cm³/mol. The summed E-state index contributed by atoms with van der Waals surface area (Å²) < 4.78 is 15.6. The van der Waals surface area contributed by atoms with Gasteiger partial charge in [0.15, 0.2) is 23.9 Å². The number of Topliss-reactive ketones (excluding diaryl/α,β-unsaturated/α-hetero) is 1. The molecule has 0 fully saturated rings. The predicted octanol–water partition coefficient (Wildman–Crippen LogP) is 2.97. The summed E-state index contributed by atoms with van der Waals surface area (Å²) in [6, 6.07) is 11.3. The molecule has 1 aliphatic heterocycles. The number of nitrogens with one attached hydrogen (secondary N) is 1. The molecule has 0 bridgehead atoms. The Morgan fingerprint density at radius 3 is 2.54 bits per heavy atom. The van der Waals surface area contributed by atoms with Crippen molar-refractivity contribution in [2.75, 3.05) is 13.4 Å². The van der Waals surface area contributed by atoms with Crippen molar-refractivity contribution in [1.29, 1.82) is 0 Å². The van der Waals surface area contributed by atoms with Gasteiger partial charge in [0.2, 0.25) is 12.7 Å². The number of carbonyl (C=O) groups excluding carboxylic acids is 3. The van der Waals surface area contributed by atoms with Gasteiger partial charge in [0.1, 0.15) is 5.70 Å². The summed E-state index contributed by atoms with van der Waals surface area (Å²) in [4.78, 5) is 35.9. The highest BCUT2D eigenvalue weighted by Gasteiger charge is 2.17. The first-order chi connectivity index (χ1) is 13.4. The molecule has 1 aliphatic rings. The molecule has 0 saturated heterocycles. The standard InChI is InChI=1S/C20H16ClNO6/c1-12(23)22-16(8-13-2-7-18-19(9-13)28-11-27-18)20(25)26-10-17(24)14-3-5-15(21)6-4-14/h2-9H,10-11H2,1H3,(H,22,23). The number of fused-ring (bicyclic) bond motifs is 1. The van der Waals surface area contributed by atoms with E-state index < -0.39 is 24.3 Å². The third-order valence-electron chi connectivity index (χ3n) is 3.74. The molecule has 2 aromatic rings. The number of halogens is 1. The fraction of sp³-hybridized carbons (Fsp3) is 0.150. The Kier molecular flexibility index (Phi) is 5.96. The number of ether oxygens (including phenoxy) is 3. The Labute approximate surface area is 165 Å². The molecule has 0 unspecified atom stereocenters. The molecule has 0 radical (unpaired) electrons. The minimum atomic E-state index is -0.838. The average molecular weight is 402 g/mol. The molecule has 0 atom stereocenters. The Morgan fingerprint density at radius 2 is 1.82 bits per heavy atom.